The van der Waals surface area contributed by atoms with Crippen LogP contribution in [0.1, 0.15) is 43.7 Å². The number of carboxylic acids is 1. The van der Waals surface area contributed by atoms with E-state index in [4.69, 9.17) is 5.11 Å². The summed E-state index contributed by atoms with van der Waals surface area (Å²) in [7, 11) is 0. The Bertz CT molecular complexity index is 523. The molecule has 0 aromatic heterocycles. The fourth-order valence-corrected chi connectivity index (χ4v) is 2.60. The van der Waals surface area contributed by atoms with Gasteiger partial charge in [0.25, 0.3) is 0 Å². The maximum atomic E-state index is 12.4. The smallest absolute Gasteiger partial charge is 0.303 e. The predicted molar refractivity (Wildman–Crippen MR) is 80.8 cm³/mol. The van der Waals surface area contributed by atoms with Crippen molar-refractivity contribution in [3.8, 4) is 0 Å². The molecule has 4 heteroatoms. The Morgan fingerprint density at radius 1 is 1.33 bits per heavy atom. The SMILES string of the molecule is Cc1cccc(CN(C(=O)CC(C)CC(=O)O)C2CC2)c1. The van der Waals surface area contributed by atoms with Crippen molar-refractivity contribution in [3.05, 3.63) is 35.4 Å². The average molecular weight is 289 g/mol. The fraction of sp³-hybridized carbons (Fsp3) is 0.529. The van der Waals surface area contributed by atoms with Crippen molar-refractivity contribution >= 4 is 11.9 Å². The van der Waals surface area contributed by atoms with Gasteiger partial charge in [-0.2, -0.15) is 0 Å². The molecule has 4 nitrogen and oxygen atoms in total. The molecule has 1 saturated carbocycles. The number of hydrogen-bond donors (Lipinski definition) is 1. The summed E-state index contributed by atoms with van der Waals surface area (Å²) in [5, 5.41) is 8.80. The lowest BCUT2D eigenvalue weighted by atomic mass is 10.0. The molecule has 1 aliphatic rings. The standard InChI is InChI=1S/C17H23NO3/c1-12-4-3-5-14(8-12)11-18(15-6-7-15)16(19)9-13(2)10-17(20)21/h3-5,8,13,15H,6-7,9-11H2,1-2H3,(H,20,21). The number of benzene rings is 1. The molecule has 0 bridgehead atoms. The summed E-state index contributed by atoms with van der Waals surface area (Å²) >= 11 is 0. The second-order valence-electron chi connectivity index (χ2n) is 6.15. The monoisotopic (exact) mass is 289 g/mol. The van der Waals surface area contributed by atoms with E-state index < -0.39 is 5.97 Å². The highest BCUT2D eigenvalue weighted by molar-refractivity contribution is 5.78. The number of aryl methyl sites for hydroxylation is 1. The number of hydrogen-bond acceptors (Lipinski definition) is 2. The number of nitrogens with zero attached hydrogens (tertiary/aromatic N) is 1. The van der Waals surface area contributed by atoms with Crippen molar-refractivity contribution in [2.75, 3.05) is 0 Å². The summed E-state index contributed by atoms with van der Waals surface area (Å²) in [6.07, 6.45) is 2.49. The topological polar surface area (TPSA) is 57.6 Å². The van der Waals surface area contributed by atoms with E-state index in [0.29, 0.717) is 19.0 Å². The lowest BCUT2D eigenvalue weighted by molar-refractivity contribution is -0.138. The molecule has 1 N–H and O–H groups in total. The van der Waals surface area contributed by atoms with Crippen molar-refractivity contribution in [2.24, 2.45) is 5.92 Å². The number of carbonyl (C=O) groups excluding carboxylic acids is 1. The number of amides is 1. The van der Waals surface area contributed by atoms with Gasteiger partial charge in [0, 0.05) is 25.4 Å². The highest BCUT2D eigenvalue weighted by Crippen LogP contribution is 2.30. The van der Waals surface area contributed by atoms with Crippen molar-refractivity contribution in [1.29, 1.82) is 0 Å². The Kier molecular flexibility index (Phi) is 4.99. The summed E-state index contributed by atoms with van der Waals surface area (Å²) in [5.74, 6) is -0.881. The third kappa shape index (κ3) is 4.88. The van der Waals surface area contributed by atoms with Crippen molar-refractivity contribution in [3.63, 3.8) is 0 Å². The number of rotatable bonds is 7. The van der Waals surface area contributed by atoms with Crippen molar-refractivity contribution in [1.82, 2.24) is 4.90 Å². The van der Waals surface area contributed by atoms with Crippen LogP contribution in [0.3, 0.4) is 0 Å². The molecule has 1 aliphatic carbocycles. The van der Waals surface area contributed by atoms with Gasteiger partial charge in [0.1, 0.15) is 0 Å². The van der Waals surface area contributed by atoms with Crippen LogP contribution >= 0.6 is 0 Å². The van der Waals surface area contributed by atoms with Crippen LogP contribution in [0.15, 0.2) is 24.3 Å². The summed E-state index contributed by atoms with van der Waals surface area (Å²) in [6.45, 7) is 4.50. The molecule has 0 saturated heterocycles. The van der Waals surface area contributed by atoms with E-state index in [1.165, 1.54) is 5.56 Å². The first-order valence-corrected chi connectivity index (χ1v) is 7.52. The highest BCUT2D eigenvalue weighted by atomic mass is 16.4. The maximum absolute atomic E-state index is 12.4. The summed E-state index contributed by atoms with van der Waals surface area (Å²) in [5.41, 5.74) is 2.33. The van der Waals surface area contributed by atoms with E-state index in [1.807, 2.05) is 36.9 Å². The van der Waals surface area contributed by atoms with Crippen LogP contribution in [0.25, 0.3) is 0 Å². The van der Waals surface area contributed by atoms with Crippen LogP contribution in [-0.4, -0.2) is 27.9 Å². The van der Waals surface area contributed by atoms with Gasteiger partial charge in [-0.25, -0.2) is 0 Å². The molecular weight excluding hydrogens is 266 g/mol. The van der Waals surface area contributed by atoms with Crippen LogP contribution in [0, 0.1) is 12.8 Å². The zero-order valence-corrected chi connectivity index (χ0v) is 12.7. The minimum absolute atomic E-state index is 0.0503. The average Bonchev–Trinajstić information content (AvgIpc) is 3.18. The first kappa shape index (κ1) is 15.5. The molecule has 21 heavy (non-hydrogen) atoms. The van der Waals surface area contributed by atoms with Gasteiger partial charge in [0.05, 0.1) is 0 Å². The second kappa shape index (κ2) is 6.74. The van der Waals surface area contributed by atoms with E-state index in [1.54, 1.807) is 0 Å². The van der Waals surface area contributed by atoms with E-state index in [0.717, 1.165) is 18.4 Å². The Morgan fingerprint density at radius 2 is 2.05 bits per heavy atom. The molecule has 1 amide bonds. The zero-order valence-electron chi connectivity index (χ0n) is 12.7. The van der Waals surface area contributed by atoms with Gasteiger partial charge in [-0.1, -0.05) is 36.8 Å². The van der Waals surface area contributed by atoms with Crippen LogP contribution in [0.2, 0.25) is 0 Å². The van der Waals surface area contributed by atoms with Gasteiger partial charge in [-0.3, -0.25) is 9.59 Å². The first-order valence-electron chi connectivity index (χ1n) is 7.52. The predicted octanol–water partition coefficient (Wildman–Crippen LogP) is 2.99. The Morgan fingerprint density at radius 3 is 2.62 bits per heavy atom. The maximum Gasteiger partial charge on any atom is 0.303 e. The van der Waals surface area contributed by atoms with Gasteiger partial charge >= 0.3 is 5.97 Å². The number of carbonyl (C=O) groups is 2. The fourth-order valence-electron chi connectivity index (χ4n) is 2.60. The minimum Gasteiger partial charge on any atom is -0.481 e. The van der Waals surface area contributed by atoms with Crippen LogP contribution < -0.4 is 0 Å². The van der Waals surface area contributed by atoms with E-state index in [2.05, 4.69) is 6.07 Å². The second-order valence-corrected chi connectivity index (χ2v) is 6.15. The molecular formula is C17H23NO3. The molecule has 1 aromatic rings. The van der Waals surface area contributed by atoms with Crippen molar-refractivity contribution in [2.45, 2.75) is 52.1 Å². The lowest BCUT2D eigenvalue weighted by Crippen LogP contribution is -2.33. The van der Waals surface area contributed by atoms with E-state index >= 15 is 0 Å². The molecule has 0 aliphatic heterocycles. The third-order valence-electron chi connectivity index (χ3n) is 3.79. The van der Waals surface area contributed by atoms with Crippen molar-refractivity contribution < 1.29 is 14.7 Å². The lowest BCUT2D eigenvalue weighted by Gasteiger charge is -2.24. The Balaban J connectivity index is 1.98. The number of carboxylic acid groups (broad SMARTS) is 1. The largest absolute Gasteiger partial charge is 0.481 e. The molecule has 1 aromatic carbocycles. The molecule has 114 valence electrons. The Labute approximate surface area is 125 Å². The Hall–Kier alpha value is -1.84. The zero-order chi connectivity index (χ0) is 15.4. The highest BCUT2D eigenvalue weighted by Gasteiger charge is 2.33. The van der Waals surface area contributed by atoms with Gasteiger partial charge < -0.3 is 10.0 Å². The molecule has 1 fully saturated rings. The summed E-state index contributed by atoms with van der Waals surface area (Å²) < 4.78 is 0. The molecule has 2 rings (SSSR count). The molecule has 1 atom stereocenters. The summed E-state index contributed by atoms with van der Waals surface area (Å²) in [4.78, 5) is 25.1. The van der Waals surface area contributed by atoms with Crippen LogP contribution in [0.5, 0.6) is 0 Å². The van der Waals surface area contributed by atoms with Gasteiger partial charge in [0.15, 0.2) is 0 Å². The molecule has 0 heterocycles. The van der Waals surface area contributed by atoms with Gasteiger partial charge in [-0.05, 0) is 31.2 Å². The van der Waals surface area contributed by atoms with E-state index in [9.17, 15) is 9.59 Å². The van der Waals surface area contributed by atoms with E-state index in [-0.39, 0.29) is 18.2 Å². The normalized spacial score (nSPS) is 15.5. The van der Waals surface area contributed by atoms with Crippen LogP contribution in [-0.2, 0) is 16.1 Å². The van der Waals surface area contributed by atoms with Gasteiger partial charge in [0.2, 0.25) is 5.91 Å². The first-order chi connectivity index (χ1) is 9.95. The van der Waals surface area contributed by atoms with Gasteiger partial charge in [-0.15, -0.1) is 0 Å². The molecule has 0 radical (unpaired) electrons. The summed E-state index contributed by atoms with van der Waals surface area (Å²) in [6, 6.07) is 8.53. The van der Waals surface area contributed by atoms with Crippen LogP contribution in [0.4, 0.5) is 0 Å². The minimum atomic E-state index is -0.841. The number of aliphatic carboxylic acids is 1. The molecule has 0 spiro atoms. The quantitative estimate of drug-likeness (QED) is 0.839. The third-order valence-corrected chi connectivity index (χ3v) is 3.79. The molecule has 1 unspecified atom stereocenters.